The third-order valence-electron chi connectivity index (χ3n) is 4.56. The Kier molecular flexibility index (Phi) is 4.10. The highest BCUT2D eigenvalue weighted by Crippen LogP contribution is 2.42. The summed E-state index contributed by atoms with van der Waals surface area (Å²) in [6, 6.07) is 0. The highest BCUT2D eigenvalue weighted by atomic mass is 15.1. The van der Waals surface area contributed by atoms with E-state index < -0.39 is 0 Å². The lowest BCUT2D eigenvalue weighted by atomic mass is 9.66. The van der Waals surface area contributed by atoms with Gasteiger partial charge < -0.3 is 10.3 Å². The highest BCUT2D eigenvalue weighted by Gasteiger charge is 2.34. The van der Waals surface area contributed by atoms with Crippen molar-refractivity contribution in [2.24, 2.45) is 23.0 Å². The SMILES string of the molecule is CCn1ccnc1CC1CC(C)(C)CCC1CN. The fraction of sp³-hybridized carbons (Fsp3) is 0.800. The predicted molar refractivity (Wildman–Crippen MR) is 75.3 cm³/mol. The van der Waals surface area contributed by atoms with Crippen molar-refractivity contribution >= 4 is 0 Å². The summed E-state index contributed by atoms with van der Waals surface area (Å²) >= 11 is 0. The fourth-order valence-corrected chi connectivity index (χ4v) is 3.39. The van der Waals surface area contributed by atoms with Gasteiger partial charge in [-0.25, -0.2) is 4.98 Å². The van der Waals surface area contributed by atoms with Crippen LogP contribution in [0.15, 0.2) is 12.4 Å². The number of nitrogens with two attached hydrogens (primary N) is 1. The average Bonchev–Trinajstić information content (AvgIpc) is 2.75. The van der Waals surface area contributed by atoms with E-state index in [0.29, 0.717) is 17.3 Å². The fourth-order valence-electron chi connectivity index (χ4n) is 3.39. The normalized spacial score (nSPS) is 27.3. The van der Waals surface area contributed by atoms with Gasteiger partial charge >= 0.3 is 0 Å². The monoisotopic (exact) mass is 249 g/mol. The van der Waals surface area contributed by atoms with E-state index in [0.717, 1.165) is 19.5 Å². The van der Waals surface area contributed by atoms with Crippen molar-refractivity contribution in [1.82, 2.24) is 9.55 Å². The van der Waals surface area contributed by atoms with Crippen LogP contribution in [0.4, 0.5) is 0 Å². The van der Waals surface area contributed by atoms with Gasteiger partial charge in [0.25, 0.3) is 0 Å². The van der Waals surface area contributed by atoms with E-state index in [1.54, 1.807) is 0 Å². The van der Waals surface area contributed by atoms with Crippen LogP contribution >= 0.6 is 0 Å². The Morgan fingerprint density at radius 3 is 2.89 bits per heavy atom. The van der Waals surface area contributed by atoms with Crippen molar-refractivity contribution < 1.29 is 0 Å². The highest BCUT2D eigenvalue weighted by molar-refractivity contribution is 4.97. The van der Waals surface area contributed by atoms with E-state index in [1.165, 1.54) is 25.1 Å². The Morgan fingerprint density at radius 1 is 1.44 bits per heavy atom. The van der Waals surface area contributed by atoms with Gasteiger partial charge in [0, 0.05) is 25.4 Å². The first-order chi connectivity index (χ1) is 8.55. The Hall–Kier alpha value is -0.830. The first-order valence-electron chi connectivity index (χ1n) is 7.26. The standard InChI is InChI=1S/C15H27N3/c1-4-18-8-7-17-14(18)9-13-10-15(2,3)6-5-12(13)11-16/h7-8,12-13H,4-6,9-11,16H2,1-3H3. The van der Waals surface area contributed by atoms with Gasteiger partial charge in [-0.1, -0.05) is 13.8 Å². The molecule has 0 saturated heterocycles. The van der Waals surface area contributed by atoms with Crippen LogP contribution < -0.4 is 5.73 Å². The quantitative estimate of drug-likeness (QED) is 0.891. The molecule has 1 aliphatic rings. The summed E-state index contributed by atoms with van der Waals surface area (Å²) in [5.41, 5.74) is 6.43. The average molecular weight is 249 g/mol. The van der Waals surface area contributed by atoms with Crippen molar-refractivity contribution in [2.75, 3.05) is 6.54 Å². The Morgan fingerprint density at radius 2 is 2.22 bits per heavy atom. The molecule has 0 aliphatic heterocycles. The molecule has 2 atom stereocenters. The van der Waals surface area contributed by atoms with Crippen LogP contribution in [0, 0.1) is 17.3 Å². The molecular weight excluding hydrogens is 222 g/mol. The second kappa shape index (κ2) is 5.43. The number of rotatable bonds is 4. The largest absolute Gasteiger partial charge is 0.335 e. The molecule has 2 unspecified atom stereocenters. The molecule has 3 heteroatoms. The molecule has 2 N–H and O–H groups in total. The predicted octanol–water partition coefficient (Wildman–Crippen LogP) is 2.85. The zero-order valence-electron chi connectivity index (χ0n) is 12.0. The van der Waals surface area contributed by atoms with E-state index in [9.17, 15) is 0 Å². The van der Waals surface area contributed by atoms with Crippen molar-refractivity contribution in [3.05, 3.63) is 18.2 Å². The molecule has 1 saturated carbocycles. The molecule has 1 fully saturated rings. The van der Waals surface area contributed by atoms with Gasteiger partial charge in [-0.2, -0.15) is 0 Å². The first-order valence-corrected chi connectivity index (χ1v) is 7.26. The molecule has 1 aromatic rings. The van der Waals surface area contributed by atoms with Crippen LogP contribution in [-0.2, 0) is 13.0 Å². The van der Waals surface area contributed by atoms with Crippen molar-refractivity contribution in [3.8, 4) is 0 Å². The van der Waals surface area contributed by atoms with Crippen molar-refractivity contribution in [1.29, 1.82) is 0 Å². The summed E-state index contributed by atoms with van der Waals surface area (Å²) < 4.78 is 2.26. The lowest BCUT2D eigenvalue weighted by molar-refractivity contribution is 0.119. The topological polar surface area (TPSA) is 43.8 Å². The molecule has 18 heavy (non-hydrogen) atoms. The smallest absolute Gasteiger partial charge is 0.108 e. The van der Waals surface area contributed by atoms with Gasteiger partial charge in [-0.05, 0) is 50.0 Å². The third kappa shape index (κ3) is 2.94. The molecule has 3 nitrogen and oxygen atoms in total. The van der Waals surface area contributed by atoms with Crippen LogP contribution in [0.1, 0.15) is 45.9 Å². The molecule has 0 amide bonds. The lowest BCUT2D eigenvalue weighted by Crippen LogP contribution is -2.35. The molecule has 0 radical (unpaired) electrons. The molecule has 1 heterocycles. The molecule has 102 valence electrons. The zero-order chi connectivity index (χ0) is 13.2. The van der Waals surface area contributed by atoms with Gasteiger partial charge in [-0.3, -0.25) is 0 Å². The molecule has 1 aliphatic carbocycles. The summed E-state index contributed by atoms with van der Waals surface area (Å²) in [5, 5.41) is 0. The number of imidazole rings is 1. The summed E-state index contributed by atoms with van der Waals surface area (Å²) in [6.07, 6.45) is 8.97. The molecule has 0 spiro atoms. The van der Waals surface area contributed by atoms with Gasteiger partial charge in [0.05, 0.1) is 0 Å². The van der Waals surface area contributed by atoms with E-state index in [1.807, 2.05) is 6.20 Å². The van der Waals surface area contributed by atoms with Crippen LogP contribution in [0.5, 0.6) is 0 Å². The summed E-state index contributed by atoms with van der Waals surface area (Å²) in [7, 11) is 0. The van der Waals surface area contributed by atoms with Gasteiger partial charge in [-0.15, -0.1) is 0 Å². The number of nitrogens with zero attached hydrogens (tertiary/aromatic N) is 2. The third-order valence-corrected chi connectivity index (χ3v) is 4.56. The molecule has 2 rings (SSSR count). The van der Waals surface area contributed by atoms with E-state index in [2.05, 4.69) is 36.5 Å². The number of aromatic nitrogens is 2. The Labute approximate surface area is 111 Å². The zero-order valence-corrected chi connectivity index (χ0v) is 12.0. The van der Waals surface area contributed by atoms with E-state index >= 15 is 0 Å². The van der Waals surface area contributed by atoms with E-state index in [-0.39, 0.29) is 0 Å². The minimum Gasteiger partial charge on any atom is -0.335 e. The van der Waals surface area contributed by atoms with Crippen molar-refractivity contribution in [3.63, 3.8) is 0 Å². The van der Waals surface area contributed by atoms with Crippen LogP contribution in [-0.4, -0.2) is 16.1 Å². The summed E-state index contributed by atoms with van der Waals surface area (Å²) in [6.45, 7) is 8.79. The lowest BCUT2D eigenvalue weighted by Gasteiger charge is -2.40. The number of hydrogen-bond acceptors (Lipinski definition) is 2. The minimum atomic E-state index is 0.472. The van der Waals surface area contributed by atoms with Crippen LogP contribution in [0.3, 0.4) is 0 Å². The molecule has 1 aromatic heterocycles. The minimum absolute atomic E-state index is 0.472. The first kappa shape index (κ1) is 13.6. The number of hydrogen-bond donors (Lipinski definition) is 1. The maximum Gasteiger partial charge on any atom is 0.108 e. The van der Waals surface area contributed by atoms with E-state index in [4.69, 9.17) is 5.73 Å². The maximum absolute atomic E-state index is 5.95. The van der Waals surface area contributed by atoms with Crippen LogP contribution in [0.2, 0.25) is 0 Å². The van der Waals surface area contributed by atoms with Gasteiger partial charge in [0.2, 0.25) is 0 Å². The maximum atomic E-state index is 5.95. The van der Waals surface area contributed by atoms with Crippen LogP contribution in [0.25, 0.3) is 0 Å². The Balaban J connectivity index is 2.09. The van der Waals surface area contributed by atoms with Gasteiger partial charge in [0.1, 0.15) is 5.82 Å². The Bertz CT molecular complexity index is 381. The molecule has 0 aromatic carbocycles. The van der Waals surface area contributed by atoms with Gasteiger partial charge in [0.15, 0.2) is 0 Å². The second-order valence-corrected chi connectivity index (χ2v) is 6.50. The summed E-state index contributed by atoms with van der Waals surface area (Å²) in [4.78, 5) is 4.52. The molecule has 0 bridgehead atoms. The number of aryl methyl sites for hydroxylation is 1. The molecular formula is C15H27N3. The van der Waals surface area contributed by atoms with Crippen molar-refractivity contribution in [2.45, 2.75) is 53.0 Å². The summed E-state index contributed by atoms with van der Waals surface area (Å²) in [5.74, 6) is 2.62. The second-order valence-electron chi connectivity index (χ2n) is 6.50.